The quantitative estimate of drug-likeness (QED) is 0.190. The zero-order valence-corrected chi connectivity index (χ0v) is 29.4. The summed E-state index contributed by atoms with van der Waals surface area (Å²) in [5.74, 6) is -5.04. The Balaban J connectivity index is 1.69. The van der Waals surface area contributed by atoms with Crippen LogP contribution in [0.3, 0.4) is 0 Å². The molecule has 1 N–H and O–H groups in total. The van der Waals surface area contributed by atoms with Crippen molar-refractivity contribution in [3.63, 3.8) is 0 Å². The molecule has 262 valence electrons. The second-order valence-corrected chi connectivity index (χ2v) is 14.2. The molecule has 11 heteroatoms. The molecule has 0 aromatic heterocycles. The van der Waals surface area contributed by atoms with Crippen molar-refractivity contribution in [3.8, 4) is 0 Å². The minimum absolute atomic E-state index is 0.0670. The summed E-state index contributed by atoms with van der Waals surface area (Å²) in [6.07, 6.45) is -4.48. The molecular formula is C37H51N2O9+. The normalized spacial score (nSPS) is 22.5. The molecular weight excluding hydrogens is 616 g/mol. The summed E-state index contributed by atoms with van der Waals surface area (Å²) in [6.45, 7) is 11.0. The number of benzene rings is 2. The monoisotopic (exact) mass is 667 g/mol. The van der Waals surface area contributed by atoms with Crippen LogP contribution in [0.15, 0.2) is 48.5 Å². The molecule has 0 unspecified atom stereocenters. The summed E-state index contributed by atoms with van der Waals surface area (Å²) in [7, 11) is 3.73. The van der Waals surface area contributed by atoms with Crippen molar-refractivity contribution in [2.24, 2.45) is 17.8 Å². The second kappa shape index (κ2) is 15.5. The fourth-order valence-electron chi connectivity index (χ4n) is 6.16. The van der Waals surface area contributed by atoms with Crippen LogP contribution in [-0.4, -0.2) is 91.3 Å². The predicted molar refractivity (Wildman–Crippen MR) is 179 cm³/mol. The van der Waals surface area contributed by atoms with E-state index >= 15 is 0 Å². The van der Waals surface area contributed by atoms with E-state index in [0.29, 0.717) is 19.5 Å². The number of aliphatic carboxylic acids is 1. The van der Waals surface area contributed by atoms with Gasteiger partial charge in [-0.25, -0.2) is 4.79 Å². The summed E-state index contributed by atoms with van der Waals surface area (Å²) < 4.78 is 23.9. The van der Waals surface area contributed by atoms with Crippen molar-refractivity contribution >= 4 is 35.3 Å². The number of fused-ring (bicyclic) bond motifs is 2. The Kier molecular flexibility index (Phi) is 11.9. The number of hydrogen-bond donors (Lipinski definition) is 1. The van der Waals surface area contributed by atoms with Gasteiger partial charge >= 0.3 is 23.9 Å². The molecule has 2 aromatic rings. The maximum Gasteiger partial charge on any atom is 0.337 e. The SMILES string of the molecule is CC(C)C(=O)O[C@@H]1[C@@H](OC(=O)C(C)C)[C@H]([N+](C)(C)CCCN2c3ccccc3CCc3ccccc32)O[C@H](C(=O)O)[C@H]1OC(=O)C(C)C. The van der Waals surface area contributed by atoms with Crippen molar-refractivity contribution in [1.29, 1.82) is 0 Å². The number of nitrogens with zero attached hydrogens (tertiary/aromatic N) is 2. The molecule has 0 bridgehead atoms. The average molecular weight is 668 g/mol. The number of rotatable bonds is 12. The van der Waals surface area contributed by atoms with Crippen molar-refractivity contribution in [2.45, 2.75) is 91.4 Å². The van der Waals surface area contributed by atoms with E-state index in [2.05, 4.69) is 41.3 Å². The Morgan fingerprint density at radius 2 is 1.19 bits per heavy atom. The number of esters is 3. The largest absolute Gasteiger partial charge is 0.479 e. The Morgan fingerprint density at radius 3 is 1.65 bits per heavy atom. The Bertz CT molecular complexity index is 1420. The van der Waals surface area contributed by atoms with Crippen LogP contribution >= 0.6 is 0 Å². The van der Waals surface area contributed by atoms with Gasteiger partial charge in [-0.2, -0.15) is 0 Å². The van der Waals surface area contributed by atoms with Crippen LogP contribution < -0.4 is 4.90 Å². The molecule has 48 heavy (non-hydrogen) atoms. The zero-order chi connectivity index (χ0) is 35.3. The minimum Gasteiger partial charge on any atom is -0.479 e. The molecule has 0 saturated carbocycles. The molecule has 4 rings (SSSR count). The van der Waals surface area contributed by atoms with Crippen LogP contribution in [0.1, 0.15) is 59.1 Å². The number of para-hydroxylation sites is 2. The van der Waals surface area contributed by atoms with E-state index in [1.54, 1.807) is 41.5 Å². The lowest BCUT2D eigenvalue weighted by atomic mass is 9.95. The smallest absolute Gasteiger partial charge is 0.337 e. The zero-order valence-electron chi connectivity index (χ0n) is 29.4. The predicted octanol–water partition coefficient (Wildman–Crippen LogP) is 4.90. The van der Waals surface area contributed by atoms with Crippen molar-refractivity contribution < 1.29 is 47.7 Å². The maximum absolute atomic E-state index is 13.1. The number of carbonyl (C=O) groups excluding carboxylic acids is 3. The number of likely N-dealkylation sites (N-methyl/N-ethyl adjacent to an activating group) is 1. The first kappa shape index (κ1) is 36.9. The molecule has 5 atom stereocenters. The second-order valence-electron chi connectivity index (χ2n) is 14.2. The Hall–Kier alpha value is -3.96. The number of ether oxygens (including phenoxy) is 4. The molecule has 2 heterocycles. The van der Waals surface area contributed by atoms with Crippen LogP contribution in [0.25, 0.3) is 0 Å². The van der Waals surface area contributed by atoms with Crippen molar-refractivity contribution in [1.82, 2.24) is 0 Å². The number of anilines is 2. The highest BCUT2D eigenvalue weighted by Crippen LogP contribution is 2.37. The Morgan fingerprint density at radius 1 is 0.750 bits per heavy atom. The fourth-order valence-corrected chi connectivity index (χ4v) is 6.16. The fraction of sp³-hybridized carbons (Fsp3) is 0.568. The number of carboxylic acids is 1. The summed E-state index contributed by atoms with van der Waals surface area (Å²) in [5.41, 5.74) is 4.82. The topological polar surface area (TPSA) is 129 Å². The van der Waals surface area contributed by atoms with Crippen LogP contribution in [0, 0.1) is 17.8 Å². The molecule has 2 aromatic carbocycles. The van der Waals surface area contributed by atoms with Gasteiger partial charge in [0.15, 0.2) is 12.2 Å². The third-order valence-corrected chi connectivity index (χ3v) is 8.96. The summed E-state index contributed by atoms with van der Waals surface area (Å²) in [6, 6.07) is 16.8. The lowest BCUT2D eigenvalue weighted by Crippen LogP contribution is -2.70. The molecule has 1 fully saturated rings. The Labute approximate surface area is 283 Å². The van der Waals surface area contributed by atoms with Crippen LogP contribution in [0.4, 0.5) is 11.4 Å². The van der Waals surface area contributed by atoms with Crippen molar-refractivity contribution in [3.05, 3.63) is 59.7 Å². The summed E-state index contributed by atoms with van der Waals surface area (Å²) in [5, 5.41) is 10.3. The lowest BCUT2D eigenvalue weighted by Gasteiger charge is -2.49. The number of carboxylic acid groups (broad SMARTS) is 1. The van der Waals surface area contributed by atoms with E-state index < -0.39 is 72.3 Å². The molecule has 1 saturated heterocycles. The highest BCUT2D eigenvalue weighted by Gasteiger charge is 2.59. The third kappa shape index (κ3) is 8.36. The molecule has 2 aliphatic rings. The van der Waals surface area contributed by atoms with Gasteiger partial charge in [0.2, 0.25) is 18.4 Å². The van der Waals surface area contributed by atoms with Crippen LogP contribution in [-0.2, 0) is 51.0 Å². The molecule has 0 aliphatic carbocycles. The number of carbonyl (C=O) groups is 4. The van der Waals surface area contributed by atoms with Gasteiger partial charge in [-0.15, -0.1) is 0 Å². The number of aryl methyl sites for hydroxylation is 2. The van der Waals surface area contributed by atoms with E-state index in [-0.39, 0.29) is 4.48 Å². The first-order valence-electron chi connectivity index (χ1n) is 16.9. The van der Waals surface area contributed by atoms with Gasteiger partial charge in [-0.1, -0.05) is 77.9 Å². The van der Waals surface area contributed by atoms with Crippen molar-refractivity contribution in [2.75, 3.05) is 32.1 Å². The van der Waals surface area contributed by atoms with Gasteiger partial charge in [-0.3, -0.25) is 18.9 Å². The van der Waals surface area contributed by atoms with Gasteiger partial charge in [0.1, 0.15) is 0 Å². The molecule has 11 nitrogen and oxygen atoms in total. The van der Waals surface area contributed by atoms with E-state index in [4.69, 9.17) is 18.9 Å². The van der Waals surface area contributed by atoms with E-state index in [0.717, 1.165) is 24.2 Å². The van der Waals surface area contributed by atoms with Gasteiger partial charge in [-0.05, 0) is 36.1 Å². The van der Waals surface area contributed by atoms with Crippen LogP contribution in [0.5, 0.6) is 0 Å². The minimum atomic E-state index is -1.68. The summed E-state index contributed by atoms with van der Waals surface area (Å²) in [4.78, 5) is 54.0. The van der Waals surface area contributed by atoms with Crippen LogP contribution in [0.2, 0.25) is 0 Å². The third-order valence-electron chi connectivity index (χ3n) is 8.96. The van der Waals surface area contributed by atoms with Gasteiger partial charge in [0, 0.05) is 24.3 Å². The average Bonchev–Trinajstić information content (AvgIpc) is 3.18. The highest BCUT2D eigenvalue weighted by molar-refractivity contribution is 5.77. The maximum atomic E-state index is 13.1. The first-order valence-corrected chi connectivity index (χ1v) is 16.9. The molecule has 0 radical (unpaired) electrons. The molecule has 2 aliphatic heterocycles. The van der Waals surface area contributed by atoms with E-state index in [1.807, 2.05) is 26.2 Å². The standard InChI is InChI=1S/C37H50N2O9/c1-22(2)35(42)46-29-30(47-36(43)23(3)4)32(34(40)41)45-33(31(29)48-37(44)24(5)6)39(7,8)21-13-20-38-27-16-11-9-14-25(27)18-19-26-15-10-12-17-28(26)38/h9-12,14-17,22-24,29-33H,13,18-21H2,1-8H3/p+1/t29-,30-,31+,32-,33+/m0/s1. The van der Waals surface area contributed by atoms with E-state index in [1.165, 1.54) is 11.1 Å². The lowest BCUT2D eigenvalue weighted by molar-refractivity contribution is -0.944. The van der Waals surface area contributed by atoms with Gasteiger partial charge in [0.25, 0.3) is 0 Å². The molecule has 0 spiro atoms. The summed E-state index contributed by atoms with van der Waals surface area (Å²) >= 11 is 0. The first-order chi connectivity index (χ1) is 22.6. The van der Waals surface area contributed by atoms with Gasteiger partial charge in [0.05, 0.1) is 38.4 Å². The van der Waals surface area contributed by atoms with E-state index in [9.17, 15) is 24.3 Å². The number of hydrogen-bond acceptors (Lipinski definition) is 9. The highest BCUT2D eigenvalue weighted by atomic mass is 16.7. The molecule has 0 amide bonds. The van der Waals surface area contributed by atoms with Gasteiger partial charge < -0.3 is 29.0 Å². The number of quaternary nitrogens is 1.